The van der Waals surface area contributed by atoms with Gasteiger partial charge >= 0.3 is 0 Å². The Kier molecular flexibility index (Phi) is 4.10. The zero-order valence-corrected chi connectivity index (χ0v) is 13.4. The van der Waals surface area contributed by atoms with E-state index >= 15 is 0 Å². The van der Waals surface area contributed by atoms with Crippen molar-refractivity contribution in [3.63, 3.8) is 0 Å². The van der Waals surface area contributed by atoms with Crippen molar-refractivity contribution in [2.45, 2.75) is 32.7 Å². The number of fused-ring (bicyclic) bond motifs is 1. The van der Waals surface area contributed by atoms with Crippen LogP contribution in [0.25, 0.3) is 0 Å². The van der Waals surface area contributed by atoms with Gasteiger partial charge in [-0.3, -0.25) is 4.79 Å². The van der Waals surface area contributed by atoms with Crippen molar-refractivity contribution in [2.75, 3.05) is 13.6 Å². The first kappa shape index (κ1) is 14.3. The van der Waals surface area contributed by atoms with Crippen molar-refractivity contribution >= 4 is 17.2 Å². The molecular weight excluding hydrogens is 282 g/mol. The molecule has 1 aliphatic heterocycles. The second kappa shape index (κ2) is 6.02. The van der Waals surface area contributed by atoms with Crippen LogP contribution in [-0.2, 0) is 19.4 Å². The van der Waals surface area contributed by atoms with E-state index in [1.165, 1.54) is 0 Å². The highest BCUT2D eigenvalue weighted by atomic mass is 32.1. The Labute approximate surface area is 129 Å². The summed E-state index contributed by atoms with van der Waals surface area (Å²) in [6.07, 6.45) is 6.91. The van der Waals surface area contributed by atoms with Gasteiger partial charge in [-0.1, -0.05) is 6.92 Å². The number of imidazole rings is 1. The molecule has 2 aromatic rings. The molecule has 1 aliphatic rings. The predicted molar refractivity (Wildman–Crippen MR) is 84.7 cm³/mol. The van der Waals surface area contributed by atoms with Crippen molar-refractivity contribution in [2.24, 2.45) is 5.92 Å². The molecule has 1 unspecified atom stereocenters. The number of carbonyl (C=O) groups is 1. The van der Waals surface area contributed by atoms with Gasteiger partial charge in [0.1, 0.15) is 5.82 Å². The summed E-state index contributed by atoms with van der Waals surface area (Å²) in [5.74, 6) is 1.83. The van der Waals surface area contributed by atoms with Gasteiger partial charge in [-0.05, 0) is 35.8 Å². The van der Waals surface area contributed by atoms with Crippen LogP contribution in [0.15, 0.2) is 23.8 Å². The summed E-state index contributed by atoms with van der Waals surface area (Å²) in [7, 11) is 1.92. The number of rotatable bonds is 4. The van der Waals surface area contributed by atoms with E-state index in [0.29, 0.717) is 5.92 Å². The maximum Gasteiger partial charge on any atom is 0.263 e. The smallest absolute Gasteiger partial charge is 0.263 e. The van der Waals surface area contributed by atoms with E-state index in [1.807, 2.05) is 29.7 Å². The van der Waals surface area contributed by atoms with Gasteiger partial charge < -0.3 is 9.47 Å². The van der Waals surface area contributed by atoms with Gasteiger partial charge in [-0.25, -0.2) is 4.98 Å². The minimum Gasteiger partial charge on any atom is -0.341 e. The summed E-state index contributed by atoms with van der Waals surface area (Å²) < 4.78 is 2.22. The molecule has 4 nitrogen and oxygen atoms in total. The van der Waals surface area contributed by atoms with Crippen LogP contribution in [0.4, 0.5) is 0 Å². The summed E-state index contributed by atoms with van der Waals surface area (Å²) in [6, 6.07) is 2.06. The predicted octanol–water partition coefficient (Wildman–Crippen LogP) is 2.84. The third-order valence-corrected chi connectivity index (χ3v) is 5.20. The summed E-state index contributed by atoms with van der Waals surface area (Å²) in [5.41, 5.74) is 1.16. The monoisotopic (exact) mass is 303 g/mol. The zero-order chi connectivity index (χ0) is 14.8. The molecule has 0 radical (unpaired) electrons. The lowest BCUT2D eigenvalue weighted by Gasteiger charge is -2.27. The summed E-state index contributed by atoms with van der Waals surface area (Å²) in [4.78, 5) is 19.8. The Bertz CT molecular complexity index is 631. The topological polar surface area (TPSA) is 38.1 Å². The number of nitrogens with zero attached hydrogens (tertiary/aromatic N) is 3. The van der Waals surface area contributed by atoms with Gasteiger partial charge in [-0.15, -0.1) is 11.3 Å². The lowest BCUT2D eigenvalue weighted by Crippen LogP contribution is -2.35. The Morgan fingerprint density at radius 2 is 2.43 bits per heavy atom. The van der Waals surface area contributed by atoms with Crippen molar-refractivity contribution in [3.8, 4) is 0 Å². The van der Waals surface area contributed by atoms with Crippen molar-refractivity contribution in [3.05, 3.63) is 40.1 Å². The van der Waals surface area contributed by atoms with Gasteiger partial charge in [0.25, 0.3) is 5.91 Å². The Hall–Kier alpha value is -1.62. The molecule has 0 aromatic carbocycles. The highest BCUT2D eigenvalue weighted by Crippen LogP contribution is 2.23. The van der Waals surface area contributed by atoms with E-state index < -0.39 is 0 Å². The highest BCUT2D eigenvalue weighted by molar-refractivity contribution is 7.12. The molecule has 0 fully saturated rings. The van der Waals surface area contributed by atoms with Crippen LogP contribution in [0, 0.1) is 5.92 Å². The minimum atomic E-state index is 0.163. The second-order valence-electron chi connectivity index (χ2n) is 5.71. The Morgan fingerprint density at radius 3 is 3.24 bits per heavy atom. The summed E-state index contributed by atoms with van der Waals surface area (Å²) in [5, 5.41) is 2.01. The van der Waals surface area contributed by atoms with Crippen molar-refractivity contribution < 1.29 is 4.79 Å². The Balaban J connectivity index is 1.64. The molecule has 1 amide bonds. The number of hydrogen-bond acceptors (Lipinski definition) is 3. The van der Waals surface area contributed by atoms with Crippen LogP contribution in [0.3, 0.4) is 0 Å². The standard InChI is InChI=1S/C16H21N3OS/c1-3-13-5-9-21-15(13)16(20)18(2)11-12-4-7-19-8-6-17-14(19)10-12/h5-6,8-9,12H,3-4,7,10-11H2,1-2H3. The number of hydrogen-bond donors (Lipinski definition) is 0. The molecule has 0 saturated carbocycles. The molecule has 3 rings (SSSR count). The van der Waals surface area contributed by atoms with Gasteiger partial charge in [0, 0.05) is 39.0 Å². The first-order chi connectivity index (χ1) is 10.2. The van der Waals surface area contributed by atoms with Crippen LogP contribution < -0.4 is 0 Å². The van der Waals surface area contributed by atoms with E-state index in [-0.39, 0.29) is 5.91 Å². The quantitative estimate of drug-likeness (QED) is 0.871. The maximum atomic E-state index is 12.6. The van der Waals surface area contributed by atoms with Crippen molar-refractivity contribution in [1.29, 1.82) is 0 Å². The number of aryl methyl sites for hydroxylation is 2. The van der Waals surface area contributed by atoms with Crippen LogP contribution in [0.5, 0.6) is 0 Å². The molecule has 3 heterocycles. The van der Waals surface area contributed by atoms with E-state index in [9.17, 15) is 4.79 Å². The largest absolute Gasteiger partial charge is 0.341 e. The molecule has 5 heteroatoms. The minimum absolute atomic E-state index is 0.163. The van der Waals surface area contributed by atoms with Crippen LogP contribution >= 0.6 is 11.3 Å². The average Bonchev–Trinajstić information content (AvgIpc) is 3.14. The molecule has 0 spiro atoms. The van der Waals surface area contributed by atoms with E-state index in [4.69, 9.17) is 0 Å². The third kappa shape index (κ3) is 2.88. The summed E-state index contributed by atoms with van der Waals surface area (Å²) >= 11 is 1.55. The second-order valence-corrected chi connectivity index (χ2v) is 6.63. The highest BCUT2D eigenvalue weighted by Gasteiger charge is 2.23. The van der Waals surface area contributed by atoms with Gasteiger partial charge in [-0.2, -0.15) is 0 Å². The molecule has 0 saturated heterocycles. The maximum absolute atomic E-state index is 12.6. The number of carbonyl (C=O) groups excluding carboxylic acids is 1. The molecule has 0 bridgehead atoms. The molecule has 1 atom stereocenters. The van der Waals surface area contributed by atoms with Gasteiger partial charge in [0.2, 0.25) is 0 Å². The lowest BCUT2D eigenvalue weighted by molar-refractivity contribution is 0.0768. The van der Waals surface area contributed by atoms with Crippen LogP contribution in [-0.4, -0.2) is 34.0 Å². The molecule has 21 heavy (non-hydrogen) atoms. The lowest BCUT2D eigenvalue weighted by atomic mass is 9.97. The summed E-state index contributed by atoms with van der Waals surface area (Å²) in [6.45, 7) is 3.92. The first-order valence-electron chi connectivity index (χ1n) is 7.51. The fraction of sp³-hybridized carbons (Fsp3) is 0.500. The third-order valence-electron chi connectivity index (χ3n) is 4.25. The number of thiophene rings is 1. The number of aromatic nitrogens is 2. The zero-order valence-electron chi connectivity index (χ0n) is 12.6. The molecule has 0 N–H and O–H groups in total. The van der Waals surface area contributed by atoms with E-state index in [2.05, 4.69) is 22.5 Å². The van der Waals surface area contributed by atoms with Gasteiger partial charge in [0.15, 0.2) is 0 Å². The normalized spacial score (nSPS) is 17.5. The SMILES string of the molecule is CCc1ccsc1C(=O)N(C)CC1CCn2ccnc2C1. The average molecular weight is 303 g/mol. The van der Waals surface area contributed by atoms with E-state index in [0.717, 1.165) is 48.6 Å². The molecular formula is C16H21N3OS. The Morgan fingerprint density at radius 1 is 1.57 bits per heavy atom. The fourth-order valence-corrected chi connectivity index (χ4v) is 4.01. The molecule has 112 valence electrons. The fourth-order valence-electron chi connectivity index (χ4n) is 3.02. The van der Waals surface area contributed by atoms with Gasteiger partial charge in [0.05, 0.1) is 4.88 Å². The number of amides is 1. The van der Waals surface area contributed by atoms with Crippen molar-refractivity contribution in [1.82, 2.24) is 14.5 Å². The van der Waals surface area contributed by atoms with Crippen LogP contribution in [0.1, 0.15) is 34.4 Å². The molecule has 0 aliphatic carbocycles. The first-order valence-corrected chi connectivity index (χ1v) is 8.38. The van der Waals surface area contributed by atoms with E-state index in [1.54, 1.807) is 11.3 Å². The van der Waals surface area contributed by atoms with Crippen LogP contribution in [0.2, 0.25) is 0 Å². The molecule has 2 aromatic heterocycles.